The molecule has 12 heteroatoms. The summed E-state index contributed by atoms with van der Waals surface area (Å²) in [4.78, 5) is 36.8. The molecule has 50 heavy (non-hydrogen) atoms. The molecule has 1 saturated carbocycles. The summed E-state index contributed by atoms with van der Waals surface area (Å²) < 4.78 is 12.1. The van der Waals surface area contributed by atoms with Crippen LogP contribution in [-0.4, -0.2) is 122 Å². The summed E-state index contributed by atoms with van der Waals surface area (Å²) in [6.45, 7) is 9.79. The lowest BCUT2D eigenvalue weighted by Gasteiger charge is -2.36. The molecule has 0 bridgehead atoms. The van der Waals surface area contributed by atoms with Crippen molar-refractivity contribution in [2.24, 2.45) is 17.8 Å². The fourth-order valence-electron chi connectivity index (χ4n) is 7.65. The summed E-state index contributed by atoms with van der Waals surface area (Å²) in [5.74, 6) is -0.480. The molecule has 3 aliphatic rings. The van der Waals surface area contributed by atoms with Crippen molar-refractivity contribution in [1.82, 2.24) is 15.3 Å². The van der Waals surface area contributed by atoms with Gasteiger partial charge in [-0.3, -0.25) is 14.5 Å². The van der Waals surface area contributed by atoms with E-state index in [1.165, 1.54) is 0 Å². The Labute approximate surface area is 296 Å². The topological polar surface area (TPSA) is 144 Å². The molecule has 5 rings (SSSR count). The summed E-state index contributed by atoms with van der Waals surface area (Å²) >= 11 is 0. The van der Waals surface area contributed by atoms with Crippen LogP contribution in [0.2, 0.25) is 0 Å². The van der Waals surface area contributed by atoms with E-state index in [0.717, 1.165) is 50.0 Å². The van der Waals surface area contributed by atoms with Crippen molar-refractivity contribution >= 4 is 17.6 Å². The van der Waals surface area contributed by atoms with Crippen LogP contribution in [0.15, 0.2) is 36.4 Å². The van der Waals surface area contributed by atoms with Crippen LogP contribution >= 0.6 is 0 Å². The molecule has 0 unspecified atom stereocenters. The summed E-state index contributed by atoms with van der Waals surface area (Å²) in [6.07, 6.45) is 2.48. The summed E-state index contributed by atoms with van der Waals surface area (Å²) in [6, 6.07) is 10.1. The number of morpholine rings is 1. The third-order valence-electron chi connectivity index (χ3n) is 10.8. The number of nitrogens with one attached hydrogen (secondary N) is 1. The number of carbonyl (C=O) groups excluding carboxylic acids is 1. The van der Waals surface area contributed by atoms with Crippen LogP contribution in [0.5, 0.6) is 5.75 Å². The Morgan fingerprint density at radius 2 is 1.90 bits per heavy atom. The van der Waals surface area contributed by atoms with E-state index in [9.17, 15) is 24.9 Å². The summed E-state index contributed by atoms with van der Waals surface area (Å²) in [7, 11) is 3.73. The fraction of sp³-hybridized carbons (Fsp3) is 0.632. The maximum Gasteiger partial charge on any atom is 0.335 e. The van der Waals surface area contributed by atoms with E-state index in [2.05, 4.69) is 24.1 Å². The highest BCUT2D eigenvalue weighted by molar-refractivity contribution is 5.92. The lowest BCUT2D eigenvalue weighted by molar-refractivity contribution is -0.182. The van der Waals surface area contributed by atoms with Crippen molar-refractivity contribution in [3.05, 3.63) is 47.5 Å². The Bertz CT molecular complexity index is 1450. The zero-order chi connectivity index (χ0) is 35.9. The van der Waals surface area contributed by atoms with E-state index in [1.54, 1.807) is 24.1 Å². The first kappa shape index (κ1) is 38.0. The van der Waals surface area contributed by atoms with Gasteiger partial charge in [-0.2, -0.15) is 5.06 Å². The van der Waals surface area contributed by atoms with Crippen LogP contribution in [0.25, 0.3) is 11.1 Å². The number of carbonyl (C=O) groups is 2. The number of hydrogen-bond acceptors (Lipinski definition) is 10. The minimum absolute atomic E-state index is 0.0145. The van der Waals surface area contributed by atoms with Gasteiger partial charge in [-0.05, 0) is 55.4 Å². The van der Waals surface area contributed by atoms with Gasteiger partial charge >= 0.3 is 5.97 Å². The summed E-state index contributed by atoms with van der Waals surface area (Å²) in [5.41, 5.74) is 3.01. The average molecular weight is 697 g/mol. The number of carboxylic acids is 1. The number of hydrogen-bond donors (Lipinski definition) is 4. The van der Waals surface area contributed by atoms with Crippen molar-refractivity contribution in [2.75, 3.05) is 65.1 Å². The van der Waals surface area contributed by atoms with Gasteiger partial charge in [-0.25, -0.2) is 4.79 Å². The predicted octanol–water partition coefficient (Wildman–Crippen LogP) is 3.63. The maximum absolute atomic E-state index is 14.2. The first-order valence-corrected chi connectivity index (χ1v) is 18.1. The van der Waals surface area contributed by atoms with Crippen molar-refractivity contribution in [3.63, 3.8) is 0 Å². The highest BCUT2D eigenvalue weighted by atomic mass is 16.7. The number of anilines is 1. The monoisotopic (exact) mass is 696 g/mol. The zero-order valence-corrected chi connectivity index (χ0v) is 30.2. The number of amides is 1. The molecular formula is C38H56N4O8. The first-order chi connectivity index (χ1) is 24.0. The van der Waals surface area contributed by atoms with Crippen LogP contribution in [0.1, 0.15) is 62.4 Å². The number of rotatable bonds is 14. The highest BCUT2D eigenvalue weighted by Gasteiger charge is 2.50. The van der Waals surface area contributed by atoms with E-state index in [1.807, 2.05) is 43.3 Å². The molecular weight excluding hydrogens is 640 g/mol. The van der Waals surface area contributed by atoms with Gasteiger partial charge in [0.2, 0.25) is 5.91 Å². The van der Waals surface area contributed by atoms with Crippen LogP contribution in [-0.2, 0) is 20.9 Å². The first-order valence-electron chi connectivity index (χ1n) is 18.1. The van der Waals surface area contributed by atoms with Gasteiger partial charge in [0, 0.05) is 62.5 Å². The lowest BCUT2D eigenvalue weighted by Crippen LogP contribution is -2.53. The van der Waals surface area contributed by atoms with Crippen LogP contribution < -0.4 is 15.0 Å². The Morgan fingerprint density at radius 3 is 2.56 bits per heavy atom. The number of hydroxylamine groups is 2. The maximum atomic E-state index is 14.2. The van der Waals surface area contributed by atoms with Crippen molar-refractivity contribution < 1.29 is 39.2 Å². The van der Waals surface area contributed by atoms with Gasteiger partial charge in [-0.15, -0.1) is 0 Å². The van der Waals surface area contributed by atoms with Crippen molar-refractivity contribution in [1.29, 1.82) is 0 Å². The molecule has 1 aliphatic carbocycles. The smallest absolute Gasteiger partial charge is 0.335 e. The van der Waals surface area contributed by atoms with E-state index in [4.69, 9.17) is 14.3 Å². The molecule has 2 heterocycles. The molecule has 3 fully saturated rings. The Hall–Kier alpha value is -3.26. The molecule has 2 aromatic rings. The SMILES string of the molecule is CC[C@@H]1CC[C@H](C)[C@@H](NC(=O)[C@@H]2[C@H]([C@H](C)O)[C@H](CO)ON2Cc2cccc(-c3cc(C(=O)O)cc(N(C)C)c3)c2OCCN2CCOCC2)C1. The van der Waals surface area contributed by atoms with Crippen LogP contribution in [0, 0.1) is 17.8 Å². The van der Waals surface area contributed by atoms with E-state index in [0.29, 0.717) is 55.1 Å². The number of benzene rings is 2. The minimum Gasteiger partial charge on any atom is -0.491 e. The highest BCUT2D eigenvalue weighted by Crippen LogP contribution is 2.39. The Kier molecular flexibility index (Phi) is 13.1. The molecule has 2 aliphatic heterocycles. The normalized spacial score (nSPS) is 26.8. The number of nitrogens with zero attached hydrogens (tertiary/aromatic N) is 3. The third kappa shape index (κ3) is 8.96. The molecule has 0 aromatic heterocycles. The Balaban J connectivity index is 1.50. The van der Waals surface area contributed by atoms with Gasteiger partial charge in [-0.1, -0.05) is 44.9 Å². The zero-order valence-electron chi connectivity index (χ0n) is 30.2. The van der Waals surface area contributed by atoms with Crippen molar-refractivity contribution in [2.45, 2.75) is 77.3 Å². The van der Waals surface area contributed by atoms with Gasteiger partial charge in [0.15, 0.2) is 0 Å². The number of ether oxygens (including phenoxy) is 2. The van der Waals surface area contributed by atoms with Gasteiger partial charge < -0.3 is 35.0 Å². The molecule has 0 radical (unpaired) electrons. The molecule has 2 aromatic carbocycles. The predicted molar refractivity (Wildman–Crippen MR) is 191 cm³/mol. The lowest BCUT2D eigenvalue weighted by atomic mass is 9.78. The minimum atomic E-state index is -1.03. The summed E-state index contributed by atoms with van der Waals surface area (Å²) in [5, 5.41) is 36.1. The number of aliphatic hydroxyl groups is 2. The van der Waals surface area contributed by atoms with Crippen molar-refractivity contribution in [3.8, 4) is 16.9 Å². The van der Waals surface area contributed by atoms with E-state index in [-0.39, 0.29) is 30.7 Å². The second kappa shape index (κ2) is 17.3. The third-order valence-corrected chi connectivity index (χ3v) is 10.8. The quantitative estimate of drug-likeness (QED) is 0.230. The second-order valence-electron chi connectivity index (χ2n) is 14.4. The molecule has 0 spiro atoms. The molecule has 7 atom stereocenters. The molecule has 1 amide bonds. The van der Waals surface area contributed by atoms with Crippen LogP contribution in [0.4, 0.5) is 5.69 Å². The van der Waals surface area contributed by atoms with Gasteiger partial charge in [0.05, 0.1) is 38.0 Å². The molecule has 2 saturated heterocycles. The molecule has 4 N–H and O–H groups in total. The number of carboxylic acid groups (broad SMARTS) is 1. The molecule has 12 nitrogen and oxygen atoms in total. The van der Waals surface area contributed by atoms with Crippen LogP contribution in [0.3, 0.4) is 0 Å². The number of aromatic carboxylic acids is 1. The largest absolute Gasteiger partial charge is 0.491 e. The number of para-hydroxylation sites is 1. The average Bonchev–Trinajstić information content (AvgIpc) is 3.48. The Morgan fingerprint density at radius 1 is 1.14 bits per heavy atom. The van der Waals surface area contributed by atoms with Gasteiger partial charge in [0.1, 0.15) is 24.5 Å². The fourth-order valence-corrected chi connectivity index (χ4v) is 7.65. The van der Waals surface area contributed by atoms with Gasteiger partial charge in [0.25, 0.3) is 0 Å². The standard InChI is InChI=1S/C38H56N4O8/c1-6-26-11-10-24(2)32(18-26)39-37(45)35-34(25(3)44)33(23-43)50-42(35)22-27-8-7-9-31(36(27)49-17-14-41-12-15-48-16-13-41)28-19-29(38(46)47)21-30(20-28)40(4)5/h7-9,19-21,24-26,32-35,43-44H,6,10-18,22-23H2,1-5H3,(H,39,45)(H,46,47)/t24-,25-,26+,32-,33-,34+,35-/m0/s1. The van der Waals surface area contributed by atoms with E-state index < -0.39 is 30.1 Å². The molecule has 276 valence electrons. The van der Waals surface area contributed by atoms with E-state index >= 15 is 0 Å². The second-order valence-corrected chi connectivity index (χ2v) is 14.4. The number of aliphatic hydroxyl groups excluding tert-OH is 2.